The second-order valence-corrected chi connectivity index (χ2v) is 8.21. The summed E-state index contributed by atoms with van der Waals surface area (Å²) in [7, 11) is 4.03. The maximum atomic E-state index is 6.06. The highest BCUT2D eigenvalue weighted by Gasteiger charge is 2.16. The predicted molar refractivity (Wildman–Crippen MR) is 125 cm³/mol. The third kappa shape index (κ3) is 9.14. The monoisotopic (exact) mass is 488 g/mol. The van der Waals surface area contributed by atoms with Crippen LogP contribution in [0, 0.1) is 5.92 Å². The third-order valence-electron chi connectivity index (χ3n) is 4.74. The SMILES string of the molecule is CN=C(NCCC1CCN(C)CC1)NCc1ccccc1OC(C)(C)C.I. The van der Waals surface area contributed by atoms with Crippen molar-refractivity contribution >= 4 is 29.9 Å². The molecule has 1 aliphatic rings. The van der Waals surface area contributed by atoms with Gasteiger partial charge in [0.2, 0.25) is 0 Å². The number of hydrogen-bond donors (Lipinski definition) is 2. The number of likely N-dealkylation sites (tertiary alicyclic amines) is 1. The van der Waals surface area contributed by atoms with Gasteiger partial charge in [0.15, 0.2) is 5.96 Å². The Labute approximate surface area is 182 Å². The molecule has 0 radical (unpaired) electrons. The second-order valence-electron chi connectivity index (χ2n) is 8.21. The van der Waals surface area contributed by atoms with Crippen LogP contribution in [-0.4, -0.2) is 50.2 Å². The molecule has 0 bridgehead atoms. The van der Waals surface area contributed by atoms with Gasteiger partial charge in [-0.1, -0.05) is 18.2 Å². The predicted octanol–water partition coefficient (Wildman–Crippen LogP) is 3.88. The van der Waals surface area contributed by atoms with Gasteiger partial charge >= 0.3 is 0 Å². The average Bonchev–Trinajstić information content (AvgIpc) is 2.59. The number of guanidine groups is 1. The molecule has 0 aliphatic carbocycles. The van der Waals surface area contributed by atoms with Crippen molar-refractivity contribution < 1.29 is 4.74 Å². The van der Waals surface area contributed by atoms with E-state index in [1.165, 1.54) is 32.4 Å². The first-order valence-corrected chi connectivity index (χ1v) is 9.77. The molecule has 0 unspecified atom stereocenters. The number of nitrogens with one attached hydrogen (secondary N) is 2. The van der Waals surface area contributed by atoms with E-state index in [9.17, 15) is 0 Å². The molecule has 1 fully saturated rings. The molecule has 154 valence electrons. The summed E-state index contributed by atoms with van der Waals surface area (Å²) < 4.78 is 6.06. The summed E-state index contributed by atoms with van der Waals surface area (Å²) in [6.07, 6.45) is 3.82. The van der Waals surface area contributed by atoms with Crippen LogP contribution >= 0.6 is 24.0 Å². The van der Waals surface area contributed by atoms with E-state index in [4.69, 9.17) is 4.74 Å². The number of para-hydroxylation sites is 1. The molecule has 0 spiro atoms. The minimum absolute atomic E-state index is 0. The number of ether oxygens (including phenoxy) is 1. The third-order valence-corrected chi connectivity index (χ3v) is 4.74. The maximum Gasteiger partial charge on any atom is 0.191 e. The van der Waals surface area contributed by atoms with Gasteiger partial charge in [-0.05, 0) is 72.2 Å². The molecule has 2 rings (SSSR count). The molecular formula is C21H37IN4O. The van der Waals surface area contributed by atoms with Crippen molar-refractivity contribution in [2.45, 2.75) is 52.2 Å². The number of halogens is 1. The van der Waals surface area contributed by atoms with Crippen molar-refractivity contribution in [2.75, 3.05) is 33.7 Å². The van der Waals surface area contributed by atoms with Crippen LogP contribution in [0.25, 0.3) is 0 Å². The minimum Gasteiger partial charge on any atom is -0.488 e. The molecular weight excluding hydrogens is 451 g/mol. The molecule has 2 N–H and O–H groups in total. The molecule has 0 atom stereocenters. The van der Waals surface area contributed by atoms with E-state index >= 15 is 0 Å². The highest BCUT2D eigenvalue weighted by molar-refractivity contribution is 14.0. The smallest absolute Gasteiger partial charge is 0.191 e. The lowest BCUT2D eigenvalue weighted by molar-refractivity contribution is 0.129. The van der Waals surface area contributed by atoms with Crippen LogP contribution < -0.4 is 15.4 Å². The zero-order chi connectivity index (χ0) is 19.0. The van der Waals surface area contributed by atoms with E-state index < -0.39 is 0 Å². The first-order valence-electron chi connectivity index (χ1n) is 9.77. The van der Waals surface area contributed by atoms with Crippen molar-refractivity contribution in [2.24, 2.45) is 10.9 Å². The Kier molecular flexibility index (Phi) is 10.4. The Morgan fingerprint density at radius 3 is 2.48 bits per heavy atom. The number of nitrogens with zero attached hydrogens (tertiary/aromatic N) is 2. The van der Waals surface area contributed by atoms with Crippen molar-refractivity contribution in [3.8, 4) is 5.75 Å². The van der Waals surface area contributed by atoms with Gasteiger partial charge in [-0.2, -0.15) is 0 Å². The van der Waals surface area contributed by atoms with E-state index in [0.29, 0.717) is 6.54 Å². The van der Waals surface area contributed by atoms with Gasteiger partial charge in [0, 0.05) is 25.7 Å². The normalized spacial score (nSPS) is 16.6. The van der Waals surface area contributed by atoms with Crippen molar-refractivity contribution in [1.29, 1.82) is 0 Å². The lowest BCUT2D eigenvalue weighted by Gasteiger charge is -2.29. The van der Waals surface area contributed by atoms with Crippen molar-refractivity contribution in [3.05, 3.63) is 29.8 Å². The molecule has 1 aromatic carbocycles. The van der Waals surface area contributed by atoms with Gasteiger partial charge in [0.05, 0.1) is 0 Å². The van der Waals surface area contributed by atoms with Crippen LogP contribution in [-0.2, 0) is 6.54 Å². The van der Waals surface area contributed by atoms with Gasteiger partial charge in [-0.3, -0.25) is 4.99 Å². The van der Waals surface area contributed by atoms with Gasteiger partial charge in [0.25, 0.3) is 0 Å². The Hall–Kier alpha value is -1.02. The fraction of sp³-hybridized carbons (Fsp3) is 0.667. The zero-order valence-electron chi connectivity index (χ0n) is 17.5. The van der Waals surface area contributed by atoms with Crippen LogP contribution in [0.5, 0.6) is 5.75 Å². The van der Waals surface area contributed by atoms with E-state index in [0.717, 1.165) is 29.7 Å². The number of aliphatic imine (C=N–C) groups is 1. The summed E-state index contributed by atoms with van der Waals surface area (Å²) in [5.74, 6) is 2.61. The molecule has 6 heteroatoms. The van der Waals surface area contributed by atoms with Gasteiger partial charge < -0.3 is 20.3 Å². The molecule has 0 aromatic heterocycles. The molecule has 1 aliphatic heterocycles. The molecule has 27 heavy (non-hydrogen) atoms. The zero-order valence-corrected chi connectivity index (χ0v) is 19.9. The molecule has 0 amide bonds. The molecule has 5 nitrogen and oxygen atoms in total. The lowest BCUT2D eigenvalue weighted by Crippen LogP contribution is -2.39. The summed E-state index contributed by atoms with van der Waals surface area (Å²) in [5.41, 5.74) is 0.935. The number of benzene rings is 1. The van der Waals surface area contributed by atoms with Crippen LogP contribution in [0.4, 0.5) is 0 Å². The Bertz CT molecular complexity index is 578. The van der Waals surface area contributed by atoms with E-state index in [1.54, 1.807) is 0 Å². The van der Waals surface area contributed by atoms with Crippen molar-refractivity contribution in [3.63, 3.8) is 0 Å². The molecule has 1 saturated heterocycles. The van der Waals surface area contributed by atoms with E-state index in [2.05, 4.69) is 54.4 Å². The number of piperidine rings is 1. The average molecular weight is 488 g/mol. The summed E-state index contributed by atoms with van der Waals surface area (Å²) in [6, 6.07) is 8.18. The topological polar surface area (TPSA) is 48.9 Å². The molecule has 1 aromatic rings. The Morgan fingerprint density at radius 2 is 1.85 bits per heavy atom. The summed E-state index contributed by atoms with van der Waals surface area (Å²) in [5, 5.41) is 6.86. The maximum absolute atomic E-state index is 6.06. The second kappa shape index (κ2) is 11.7. The lowest BCUT2D eigenvalue weighted by atomic mass is 9.94. The van der Waals surface area contributed by atoms with Crippen molar-refractivity contribution in [1.82, 2.24) is 15.5 Å². The molecule has 0 saturated carbocycles. The highest BCUT2D eigenvalue weighted by atomic mass is 127. The summed E-state index contributed by atoms with van der Waals surface area (Å²) in [4.78, 5) is 6.77. The largest absolute Gasteiger partial charge is 0.488 e. The molecule has 1 heterocycles. The Morgan fingerprint density at radius 1 is 1.19 bits per heavy atom. The van der Waals surface area contributed by atoms with E-state index in [1.807, 2.05) is 25.2 Å². The fourth-order valence-corrected chi connectivity index (χ4v) is 3.22. The van der Waals surface area contributed by atoms with E-state index in [-0.39, 0.29) is 29.6 Å². The first kappa shape index (κ1) is 24.0. The summed E-state index contributed by atoms with van der Waals surface area (Å²) >= 11 is 0. The highest BCUT2D eigenvalue weighted by Crippen LogP contribution is 2.23. The quantitative estimate of drug-likeness (QED) is 0.363. The van der Waals surface area contributed by atoms with Gasteiger partial charge in [-0.15, -0.1) is 24.0 Å². The number of rotatable bonds is 6. The standard InChI is InChI=1S/C21H36N4O.HI/c1-21(2,3)26-19-9-7-6-8-18(19)16-24-20(22-4)23-13-10-17-11-14-25(5)15-12-17;/h6-9,17H,10-16H2,1-5H3,(H2,22,23,24);1H. The van der Waals surface area contributed by atoms with Crippen LogP contribution in [0.15, 0.2) is 29.3 Å². The number of hydrogen-bond acceptors (Lipinski definition) is 3. The minimum atomic E-state index is -0.204. The van der Waals surface area contributed by atoms with Crippen LogP contribution in [0.1, 0.15) is 45.6 Å². The van der Waals surface area contributed by atoms with Crippen LogP contribution in [0.2, 0.25) is 0 Å². The summed E-state index contributed by atoms with van der Waals surface area (Å²) in [6.45, 7) is 10.3. The van der Waals surface area contributed by atoms with Crippen LogP contribution in [0.3, 0.4) is 0 Å². The Balaban J connectivity index is 0.00000364. The fourth-order valence-electron chi connectivity index (χ4n) is 3.22. The first-order chi connectivity index (χ1) is 12.4. The van der Waals surface area contributed by atoms with Gasteiger partial charge in [-0.25, -0.2) is 0 Å². The van der Waals surface area contributed by atoms with Gasteiger partial charge in [0.1, 0.15) is 11.4 Å².